The summed E-state index contributed by atoms with van der Waals surface area (Å²) in [7, 11) is 1.63. The molecule has 0 radical (unpaired) electrons. The van der Waals surface area contributed by atoms with Crippen LogP contribution in [-0.2, 0) is 11.2 Å². The molecule has 1 amide bonds. The molecule has 2 rings (SSSR count). The maximum Gasteiger partial charge on any atom is 0.220 e. The number of amides is 1. The van der Waals surface area contributed by atoms with Gasteiger partial charge in [-0.25, -0.2) is 0 Å². The van der Waals surface area contributed by atoms with Crippen LogP contribution in [0.1, 0.15) is 31.2 Å². The summed E-state index contributed by atoms with van der Waals surface area (Å²) in [5, 5.41) is 12.7. The fourth-order valence-electron chi connectivity index (χ4n) is 2.27. The van der Waals surface area contributed by atoms with Crippen LogP contribution in [0.15, 0.2) is 24.3 Å². The van der Waals surface area contributed by atoms with Crippen LogP contribution in [-0.4, -0.2) is 30.3 Å². The van der Waals surface area contributed by atoms with E-state index in [2.05, 4.69) is 5.32 Å². The van der Waals surface area contributed by atoms with Crippen LogP contribution >= 0.6 is 0 Å². The van der Waals surface area contributed by atoms with Gasteiger partial charge in [0.05, 0.1) is 12.7 Å². The van der Waals surface area contributed by atoms with Gasteiger partial charge < -0.3 is 15.2 Å². The van der Waals surface area contributed by atoms with E-state index in [1.807, 2.05) is 24.3 Å². The van der Waals surface area contributed by atoms with E-state index < -0.39 is 5.60 Å². The molecule has 0 spiro atoms. The minimum absolute atomic E-state index is 0.0220. The number of hydrogen-bond acceptors (Lipinski definition) is 3. The van der Waals surface area contributed by atoms with Crippen LogP contribution in [0, 0.1) is 0 Å². The summed E-state index contributed by atoms with van der Waals surface area (Å²) in [4.78, 5) is 11.7. The first-order valence-electron chi connectivity index (χ1n) is 6.74. The zero-order valence-electron chi connectivity index (χ0n) is 11.3. The Morgan fingerprint density at radius 3 is 2.79 bits per heavy atom. The number of nitrogens with one attached hydrogen (secondary N) is 1. The van der Waals surface area contributed by atoms with Gasteiger partial charge in [-0.3, -0.25) is 4.79 Å². The summed E-state index contributed by atoms with van der Waals surface area (Å²) >= 11 is 0. The van der Waals surface area contributed by atoms with E-state index in [-0.39, 0.29) is 5.91 Å². The number of hydrogen-bond donors (Lipinski definition) is 2. The molecule has 0 heterocycles. The summed E-state index contributed by atoms with van der Waals surface area (Å²) in [6, 6.07) is 7.71. The highest BCUT2D eigenvalue weighted by atomic mass is 16.5. The number of benzene rings is 1. The molecule has 104 valence electrons. The van der Waals surface area contributed by atoms with Crippen molar-refractivity contribution >= 4 is 5.91 Å². The lowest BCUT2D eigenvalue weighted by molar-refractivity contribution is -0.123. The zero-order valence-corrected chi connectivity index (χ0v) is 11.3. The summed E-state index contributed by atoms with van der Waals surface area (Å²) in [5.74, 6) is 0.791. The Morgan fingerprint density at radius 2 is 2.16 bits per heavy atom. The van der Waals surface area contributed by atoms with Crippen LogP contribution in [0.4, 0.5) is 0 Å². The van der Waals surface area contributed by atoms with Gasteiger partial charge in [-0.15, -0.1) is 0 Å². The van der Waals surface area contributed by atoms with E-state index in [1.165, 1.54) is 0 Å². The molecule has 0 aromatic heterocycles. The van der Waals surface area contributed by atoms with Gasteiger partial charge in [0.1, 0.15) is 5.75 Å². The van der Waals surface area contributed by atoms with Gasteiger partial charge in [0.2, 0.25) is 5.91 Å². The lowest BCUT2D eigenvalue weighted by Crippen LogP contribution is -2.47. The van der Waals surface area contributed by atoms with E-state index in [4.69, 9.17) is 4.74 Å². The third-order valence-corrected chi connectivity index (χ3v) is 3.71. The first-order valence-corrected chi connectivity index (χ1v) is 6.74. The monoisotopic (exact) mass is 263 g/mol. The van der Waals surface area contributed by atoms with Gasteiger partial charge in [0, 0.05) is 13.0 Å². The number of para-hydroxylation sites is 1. The smallest absolute Gasteiger partial charge is 0.220 e. The Morgan fingerprint density at radius 1 is 1.42 bits per heavy atom. The molecule has 0 bridgehead atoms. The Kier molecular flexibility index (Phi) is 4.43. The van der Waals surface area contributed by atoms with Crippen LogP contribution in [0.25, 0.3) is 0 Å². The van der Waals surface area contributed by atoms with Crippen LogP contribution in [0.3, 0.4) is 0 Å². The average molecular weight is 263 g/mol. The molecule has 1 saturated carbocycles. The third kappa shape index (κ3) is 3.70. The zero-order chi connectivity index (χ0) is 13.7. The standard InChI is InChI=1S/C15H21NO3/c1-19-13-6-3-2-5-12(13)7-8-14(17)16-11-15(18)9-4-10-15/h2-3,5-6,18H,4,7-11H2,1H3,(H,16,17). The molecule has 1 aromatic rings. The van der Waals surface area contributed by atoms with Crippen molar-refractivity contribution in [2.45, 2.75) is 37.7 Å². The molecule has 0 atom stereocenters. The SMILES string of the molecule is COc1ccccc1CCC(=O)NCC1(O)CCC1. The van der Waals surface area contributed by atoms with Gasteiger partial charge >= 0.3 is 0 Å². The molecule has 1 aliphatic rings. The molecule has 0 unspecified atom stereocenters. The first-order chi connectivity index (χ1) is 9.13. The van der Waals surface area contributed by atoms with Crippen LogP contribution < -0.4 is 10.1 Å². The Labute approximate surface area is 113 Å². The maximum atomic E-state index is 11.7. The van der Waals surface area contributed by atoms with E-state index in [0.717, 1.165) is 30.6 Å². The van der Waals surface area contributed by atoms with Gasteiger partial charge in [-0.05, 0) is 37.3 Å². The molecule has 2 N–H and O–H groups in total. The molecule has 1 fully saturated rings. The lowest BCUT2D eigenvalue weighted by atomic mass is 9.80. The molecule has 0 saturated heterocycles. The lowest BCUT2D eigenvalue weighted by Gasteiger charge is -2.36. The second kappa shape index (κ2) is 6.06. The average Bonchev–Trinajstić information content (AvgIpc) is 2.41. The molecular weight excluding hydrogens is 242 g/mol. The number of rotatable bonds is 6. The number of aliphatic hydroxyl groups is 1. The Bertz CT molecular complexity index is 441. The molecule has 1 aromatic carbocycles. The van der Waals surface area contributed by atoms with E-state index in [0.29, 0.717) is 19.4 Å². The predicted octanol–water partition coefficient (Wildman–Crippen LogP) is 1.66. The van der Waals surface area contributed by atoms with Crippen LogP contribution in [0.5, 0.6) is 5.75 Å². The summed E-state index contributed by atoms with van der Waals surface area (Å²) in [6.07, 6.45) is 3.69. The number of carbonyl (C=O) groups excluding carboxylic acids is 1. The highest BCUT2D eigenvalue weighted by Crippen LogP contribution is 2.30. The van der Waals surface area contributed by atoms with Crippen molar-refractivity contribution in [3.05, 3.63) is 29.8 Å². The highest BCUT2D eigenvalue weighted by Gasteiger charge is 2.34. The van der Waals surface area contributed by atoms with Crippen LogP contribution in [0.2, 0.25) is 0 Å². The molecule has 4 nitrogen and oxygen atoms in total. The van der Waals surface area contributed by atoms with Crippen molar-refractivity contribution in [3.63, 3.8) is 0 Å². The summed E-state index contributed by atoms with van der Waals surface area (Å²) < 4.78 is 5.25. The number of methoxy groups -OCH3 is 1. The second-order valence-electron chi connectivity index (χ2n) is 5.17. The van der Waals surface area contributed by atoms with E-state index in [9.17, 15) is 9.90 Å². The molecular formula is C15H21NO3. The topological polar surface area (TPSA) is 58.6 Å². The van der Waals surface area contributed by atoms with Crippen molar-refractivity contribution < 1.29 is 14.6 Å². The molecule has 1 aliphatic carbocycles. The minimum atomic E-state index is -0.653. The van der Waals surface area contributed by atoms with E-state index in [1.54, 1.807) is 7.11 Å². The van der Waals surface area contributed by atoms with Crippen molar-refractivity contribution in [1.29, 1.82) is 0 Å². The Hall–Kier alpha value is -1.55. The molecule has 4 heteroatoms. The van der Waals surface area contributed by atoms with Crippen molar-refractivity contribution in [2.75, 3.05) is 13.7 Å². The fraction of sp³-hybridized carbons (Fsp3) is 0.533. The minimum Gasteiger partial charge on any atom is -0.496 e. The van der Waals surface area contributed by atoms with Crippen molar-refractivity contribution in [1.82, 2.24) is 5.32 Å². The second-order valence-corrected chi connectivity index (χ2v) is 5.17. The van der Waals surface area contributed by atoms with Crippen molar-refractivity contribution in [3.8, 4) is 5.75 Å². The number of ether oxygens (including phenoxy) is 1. The van der Waals surface area contributed by atoms with Crippen molar-refractivity contribution in [2.24, 2.45) is 0 Å². The van der Waals surface area contributed by atoms with Gasteiger partial charge in [-0.1, -0.05) is 18.2 Å². The normalized spacial score (nSPS) is 16.5. The first kappa shape index (κ1) is 13.9. The van der Waals surface area contributed by atoms with Gasteiger partial charge in [0.15, 0.2) is 0 Å². The summed E-state index contributed by atoms with van der Waals surface area (Å²) in [6.45, 7) is 0.373. The molecule has 19 heavy (non-hydrogen) atoms. The largest absolute Gasteiger partial charge is 0.496 e. The fourth-order valence-corrected chi connectivity index (χ4v) is 2.27. The summed E-state index contributed by atoms with van der Waals surface area (Å²) in [5.41, 5.74) is 0.377. The van der Waals surface area contributed by atoms with Gasteiger partial charge in [0.25, 0.3) is 0 Å². The molecule has 0 aliphatic heterocycles. The Balaban J connectivity index is 1.76. The highest BCUT2D eigenvalue weighted by molar-refractivity contribution is 5.76. The number of carbonyl (C=O) groups is 1. The predicted molar refractivity (Wildman–Crippen MR) is 73.1 cm³/mol. The number of aryl methyl sites for hydroxylation is 1. The van der Waals surface area contributed by atoms with Gasteiger partial charge in [-0.2, -0.15) is 0 Å². The maximum absolute atomic E-state index is 11.7. The third-order valence-electron chi connectivity index (χ3n) is 3.71. The van der Waals surface area contributed by atoms with E-state index >= 15 is 0 Å². The quantitative estimate of drug-likeness (QED) is 0.820.